The Bertz CT molecular complexity index is 317. The van der Waals surface area contributed by atoms with Crippen molar-refractivity contribution in [2.75, 3.05) is 5.43 Å². The molecule has 11 heavy (non-hydrogen) atoms. The lowest BCUT2D eigenvalue weighted by Crippen LogP contribution is -2.24. The van der Waals surface area contributed by atoms with E-state index in [2.05, 4.69) is 15.5 Å². The molecule has 1 aromatic heterocycles. The number of rotatable bonds is 1. The van der Waals surface area contributed by atoms with Gasteiger partial charge in [0.05, 0.1) is 0 Å². The summed E-state index contributed by atoms with van der Waals surface area (Å²) in [5, 5.41) is 3.84. The molecule has 0 aliphatic heterocycles. The summed E-state index contributed by atoms with van der Waals surface area (Å²) in [6.45, 7) is 1.59. The fraction of sp³-hybridized carbons (Fsp3) is 0.400. The molecule has 0 aliphatic rings. The molecule has 1 rings (SSSR count). The summed E-state index contributed by atoms with van der Waals surface area (Å²) in [4.78, 5) is 14.5. The van der Waals surface area contributed by atoms with Crippen molar-refractivity contribution < 1.29 is 0 Å². The van der Waals surface area contributed by atoms with Crippen molar-refractivity contribution in [3.63, 3.8) is 0 Å². The van der Waals surface area contributed by atoms with Gasteiger partial charge in [-0.15, -0.1) is 0 Å². The van der Waals surface area contributed by atoms with Crippen LogP contribution in [0.15, 0.2) is 4.79 Å². The maximum Gasteiger partial charge on any atom is 0.296 e. The van der Waals surface area contributed by atoms with Crippen LogP contribution in [0.25, 0.3) is 0 Å². The third-order valence-electron chi connectivity index (χ3n) is 1.25. The third kappa shape index (κ3) is 1.35. The van der Waals surface area contributed by atoms with E-state index >= 15 is 0 Å². The average molecular weight is 155 g/mol. The normalized spacial score (nSPS) is 9.73. The minimum absolute atomic E-state index is 0.251. The molecule has 0 aromatic carbocycles. The third-order valence-corrected chi connectivity index (χ3v) is 1.25. The number of nitrogens with one attached hydrogen (secondary N) is 1. The van der Waals surface area contributed by atoms with E-state index in [-0.39, 0.29) is 11.5 Å². The van der Waals surface area contributed by atoms with Crippen LogP contribution in [0.4, 0.5) is 5.95 Å². The molecule has 0 spiro atoms. The van der Waals surface area contributed by atoms with Crippen LogP contribution in [-0.4, -0.2) is 14.8 Å². The number of anilines is 1. The number of nitrogens with zero attached hydrogens (tertiary/aromatic N) is 3. The van der Waals surface area contributed by atoms with E-state index in [9.17, 15) is 4.79 Å². The summed E-state index contributed by atoms with van der Waals surface area (Å²) >= 11 is 0. The Hall–Kier alpha value is -1.43. The molecule has 6 heteroatoms. The van der Waals surface area contributed by atoms with Crippen LogP contribution >= 0.6 is 0 Å². The van der Waals surface area contributed by atoms with Gasteiger partial charge in [-0.05, 0) is 6.92 Å². The molecule has 0 unspecified atom stereocenters. The molecule has 0 aliphatic carbocycles. The SMILES string of the molecule is Cc1nn(C)c(NN)nc1=O. The van der Waals surface area contributed by atoms with Crippen LogP contribution < -0.4 is 16.8 Å². The van der Waals surface area contributed by atoms with Crippen molar-refractivity contribution in [1.82, 2.24) is 14.8 Å². The van der Waals surface area contributed by atoms with Crippen LogP contribution in [-0.2, 0) is 7.05 Å². The largest absolute Gasteiger partial charge is 0.296 e. The van der Waals surface area contributed by atoms with E-state index in [0.717, 1.165) is 0 Å². The Morgan fingerprint density at radius 2 is 2.27 bits per heavy atom. The first-order chi connectivity index (χ1) is 5.15. The van der Waals surface area contributed by atoms with Gasteiger partial charge in [0, 0.05) is 7.05 Å². The number of hydrogen-bond donors (Lipinski definition) is 2. The highest BCUT2D eigenvalue weighted by atomic mass is 16.1. The Morgan fingerprint density at radius 1 is 1.64 bits per heavy atom. The molecule has 1 heterocycles. The van der Waals surface area contributed by atoms with Gasteiger partial charge < -0.3 is 0 Å². The van der Waals surface area contributed by atoms with Gasteiger partial charge in [0.15, 0.2) is 0 Å². The van der Waals surface area contributed by atoms with Gasteiger partial charge in [0.25, 0.3) is 5.56 Å². The lowest BCUT2D eigenvalue weighted by Gasteiger charge is -2.03. The maximum absolute atomic E-state index is 10.9. The molecule has 0 bridgehead atoms. The van der Waals surface area contributed by atoms with Crippen LogP contribution in [0.1, 0.15) is 5.69 Å². The molecular weight excluding hydrogens is 146 g/mol. The first kappa shape index (κ1) is 7.67. The van der Waals surface area contributed by atoms with Gasteiger partial charge in [-0.2, -0.15) is 10.1 Å². The van der Waals surface area contributed by atoms with Crippen molar-refractivity contribution in [2.45, 2.75) is 6.92 Å². The van der Waals surface area contributed by atoms with Gasteiger partial charge in [-0.3, -0.25) is 10.2 Å². The number of aromatic nitrogens is 3. The molecule has 3 N–H and O–H groups in total. The molecule has 0 saturated carbocycles. The Kier molecular flexibility index (Phi) is 1.86. The van der Waals surface area contributed by atoms with E-state index in [1.165, 1.54) is 4.68 Å². The molecule has 0 amide bonds. The smallest absolute Gasteiger partial charge is 0.292 e. The summed E-state index contributed by atoms with van der Waals surface area (Å²) in [5.74, 6) is 5.31. The van der Waals surface area contributed by atoms with Gasteiger partial charge in [-0.25, -0.2) is 10.5 Å². The number of nitrogen functional groups attached to an aromatic ring is 1. The molecule has 0 saturated heterocycles. The number of nitrogens with two attached hydrogens (primary N) is 1. The summed E-state index contributed by atoms with van der Waals surface area (Å²) in [6, 6.07) is 0. The highest BCUT2D eigenvalue weighted by Crippen LogP contribution is 1.91. The average Bonchev–Trinajstić information content (AvgIpc) is 1.97. The molecule has 1 aromatic rings. The Labute approximate surface area is 63.0 Å². The monoisotopic (exact) mass is 155 g/mol. The van der Waals surface area contributed by atoms with Crippen LogP contribution in [0.5, 0.6) is 0 Å². The second kappa shape index (κ2) is 2.67. The maximum atomic E-state index is 10.9. The van der Waals surface area contributed by atoms with Gasteiger partial charge >= 0.3 is 0 Å². The predicted octanol–water partition coefficient (Wildman–Crippen LogP) is -1.23. The zero-order chi connectivity index (χ0) is 8.43. The highest BCUT2D eigenvalue weighted by molar-refractivity contribution is 5.20. The lowest BCUT2D eigenvalue weighted by atomic mass is 10.5. The summed E-state index contributed by atoms with van der Waals surface area (Å²) in [6.07, 6.45) is 0. The molecule has 6 nitrogen and oxygen atoms in total. The van der Waals surface area contributed by atoms with Crippen molar-refractivity contribution in [3.05, 3.63) is 16.0 Å². The van der Waals surface area contributed by atoms with E-state index < -0.39 is 0 Å². The van der Waals surface area contributed by atoms with E-state index in [0.29, 0.717) is 5.69 Å². The van der Waals surface area contributed by atoms with Gasteiger partial charge in [0.2, 0.25) is 5.95 Å². The summed E-state index contributed by atoms with van der Waals surface area (Å²) < 4.78 is 1.40. The molecule has 60 valence electrons. The standard InChI is InChI=1S/C5H9N5O/c1-3-4(11)7-5(8-6)10(2)9-3/h6H2,1-2H3,(H,7,8,11). The van der Waals surface area contributed by atoms with Gasteiger partial charge in [-0.1, -0.05) is 0 Å². The number of aryl methyl sites for hydroxylation is 2. The molecule has 0 fully saturated rings. The van der Waals surface area contributed by atoms with E-state index in [1.807, 2.05) is 0 Å². The van der Waals surface area contributed by atoms with Crippen molar-refractivity contribution >= 4 is 5.95 Å². The summed E-state index contributed by atoms with van der Waals surface area (Å²) in [5.41, 5.74) is 2.24. The Balaban J connectivity index is 3.32. The van der Waals surface area contributed by atoms with Crippen LogP contribution in [0.3, 0.4) is 0 Å². The van der Waals surface area contributed by atoms with Crippen LogP contribution in [0, 0.1) is 6.92 Å². The summed E-state index contributed by atoms with van der Waals surface area (Å²) in [7, 11) is 1.65. The van der Waals surface area contributed by atoms with E-state index in [1.54, 1.807) is 14.0 Å². The molecule has 0 atom stereocenters. The fourth-order valence-corrected chi connectivity index (χ4v) is 0.690. The first-order valence-corrected chi connectivity index (χ1v) is 3.03. The van der Waals surface area contributed by atoms with Crippen LogP contribution in [0.2, 0.25) is 0 Å². The second-order valence-corrected chi connectivity index (χ2v) is 2.09. The fourth-order valence-electron chi connectivity index (χ4n) is 0.690. The van der Waals surface area contributed by atoms with E-state index in [4.69, 9.17) is 5.84 Å². The predicted molar refractivity (Wildman–Crippen MR) is 39.8 cm³/mol. The van der Waals surface area contributed by atoms with Crippen molar-refractivity contribution in [3.8, 4) is 0 Å². The first-order valence-electron chi connectivity index (χ1n) is 3.03. The Morgan fingerprint density at radius 3 is 2.82 bits per heavy atom. The number of hydrogen-bond acceptors (Lipinski definition) is 5. The number of hydrazine groups is 1. The topological polar surface area (TPSA) is 85.8 Å². The van der Waals surface area contributed by atoms with Crippen molar-refractivity contribution in [2.24, 2.45) is 12.9 Å². The molecular formula is C5H9N5O. The minimum atomic E-state index is -0.365. The van der Waals surface area contributed by atoms with Crippen molar-refractivity contribution in [1.29, 1.82) is 0 Å². The molecule has 0 radical (unpaired) electrons. The lowest BCUT2D eigenvalue weighted by molar-refractivity contribution is 0.694. The second-order valence-electron chi connectivity index (χ2n) is 2.09. The highest BCUT2D eigenvalue weighted by Gasteiger charge is 2.00. The quantitative estimate of drug-likeness (QED) is 0.391. The minimum Gasteiger partial charge on any atom is -0.292 e. The zero-order valence-corrected chi connectivity index (χ0v) is 6.33. The van der Waals surface area contributed by atoms with Gasteiger partial charge in [0.1, 0.15) is 5.69 Å². The zero-order valence-electron chi connectivity index (χ0n) is 6.33.